The van der Waals surface area contributed by atoms with Gasteiger partial charge >= 0.3 is 0 Å². The third-order valence-electron chi connectivity index (χ3n) is 5.37. The third kappa shape index (κ3) is 4.70. The van der Waals surface area contributed by atoms with Crippen molar-refractivity contribution in [2.45, 2.75) is 6.10 Å². The molecule has 0 aromatic heterocycles. The summed E-state index contributed by atoms with van der Waals surface area (Å²) in [4.78, 5) is 27.4. The summed E-state index contributed by atoms with van der Waals surface area (Å²) in [5.41, 5.74) is 1.24. The fourth-order valence-corrected chi connectivity index (χ4v) is 3.96. The highest BCUT2D eigenvalue weighted by Gasteiger charge is 2.32. The molecule has 0 spiro atoms. The predicted molar refractivity (Wildman–Crippen MR) is 128 cm³/mol. The number of amides is 2. The molecule has 8 heteroatoms. The standard InChI is InChI=1S/C26H21ClN2O5/c27-18-7-5-6-17(12-18)13-24-26(31)29(20-8-1-2-9-21(20)34-24)15-25(30)28-14-19-16-32-22-10-3-4-11-23(22)33-19/h1-13,19H,14-16H2,(H,28,30)/b24-13+/t19-/m0/s1. The van der Waals surface area contributed by atoms with E-state index in [1.807, 2.05) is 36.4 Å². The number of nitrogens with zero attached hydrogens (tertiary/aromatic N) is 1. The van der Waals surface area contributed by atoms with Crippen LogP contribution in [0.15, 0.2) is 78.6 Å². The van der Waals surface area contributed by atoms with Crippen LogP contribution in [0.3, 0.4) is 0 Å². The van der Waals surface area contributed by atoms with Crippen molar-refractivity contribution in [3.05, 3.63) is 89.1 Å². The topological polar surface area (TPSA) is 77.1 Å². The molecule has 5 rings (SSSR count). The fraction of sp³-hybridized carbons (Fsp3) is 0.154. The number of anilines is 1. The van der Waals surface area contributed by atoms with Crippen molar-refractivity contribution in [2.24, 2.45) is 0 Å². The van der Waals surface area contributed by atoms with Crippen LogP contribution in [0.5, 0.6) is 17.2 Å². The summed E-state index contributed by atoms with van der Waals surface area (Å²) in [5, 5.41) is 3.39. The molecule has 0 saturated heterocycles. The van der Waals surface area contributed by atoms with Gasteiger partial charge in [0.2, 0.25) is 5.91 Å². The minimum absolute atomic E-state index is 0.106. The number of carbonyl (C=O) groups excluding carboxylic acids is 2. The minimum atomic E-state index is -0.417. The van der Waals surface area contributed by atoms with Crippen molar-refractivity contribution in [2.75, 3.05) is 24.6 Å². The second-order valence-electron chi connectivity index (χ2n) is 7.83. The molecule has 34 heavy (non-hydrogen) atoms. The Labute approximate surface area is 201 Å². The lowest BCUT2D eigenvalue weighted by Crippen LogP contribution is -2.47. The lowest BCUT2D eigenvalue weighted by Gasteiger charge is -2.30. The zero-order chi connectivity index (χ0) is 23.5. The van der Waals surface area contributed by atoms with Crippen LogP contribution >= 0.6 is 11.6 Å². The number of hydrogen-bond acceptors (Lipinski definition) is 5. The van der Waals surface area contributed by atoms with Crippen molar-refractivity contribution >= 4 is 35.2 Å². The number of para-hydroxylation sites is 4. The van der Waals surface area contributed by atoms with E-state index in [1.165, 1.54) is 4.90 Å². The number of benzene rings is 3. The molecule has 3 aromatic rings. The van der Waals surface area contributed by atoms with Crippen LogP contribution in [-0.2, 0) is 9.59 Å². The Morgan fingerprint density at radius 3 is 2.62 bits per heavy atom. The second-order valence-corrected chi connectivity index (χ2v) is 8.26. The molecular weight excluding hydrogens is 456 g/mol. The molecule has 0 saturated carbocycles. The average Bonchev–Trinajstić information content (AvgIpc) is 2.85. The molecule has 0 radical (unpaired) electrons. The van der Waals surface area contributed by atoms with Gasteiger partial charge < -0.3 is 19.5 Å². The Hall–Kier alpha value is -3.97. The maximum atomic E-state index is 13.2. The maximum absolute atomic E-state index is 13.2. The Balaban J connectivity index is 1.29. The van der Waals surface area contributed by atoms with Gasteiger partial charge in [-0.15, -0.1) is 0 Å². The quantitative estimate of drug-likeness (QED) is 0.562. The van der Waals surface area contributed by atoms with Gasteiger partial charge in [0.05, 0.1) is 12.2 Å². The van der Waals surface area contributed by atoms with Gasteiger partial charge in [0.1, 0.15) is 19.3 Å². The van der Waals surface area contributed by atoms with Gasteiger partial charge in [0, 0.05) is 5.02 Å². The lowest BCUT2D eigenvalue weighted by molar-refractivity contribution is -0.123. The van der Waals surface area contributed by atoms with E-state index in [0.717, 1.165) is 5.56 Å². The van der Waals surface area contributed by atoms with Gasteiger partial charge in [-0.1, -0.05) is 48.0 Å². The highest BCUT2D eigenvalue weighted by molar-refractivity contribution is 6.30. The third-order valence-corrected chi connectivity index (χ3v) is 5.61. The Kier molecular flexibility index (Phi) is 6.10. The van der Waals surface area contributed by atoms with Crippen molar-refractivity contribution in [3.63, 3.8) is 0 Å². The molecule has 2 heterocycles. The number of carbonyl (C=O) groups is 2. The maximum Gasteiger partial charge on any atom is 0.294 e. The van der Waals surface area contributed by atoms with E-state index in [-0.39, 0.29) is 30.9 Å². The molecule has 7 nitrogen and oxygen atoms in total. The fourth-order valence-electron chi connectivity index (χ4n) is 3.76. The Bertz CT molecular complexity index is 1280. The Morgan fingerprint density at radius 1 is 1.03 bits per heavy atom. The zero-order valence-electron chi connectivity index (χ0n) is 18.1. The molecule has 0 aliphatic carbocycles. The summed E-state index contributed by atoms with van der Waals surface area (Å²) >= 11 is 6.07. The van der Waals surface area contributed by atoms with Crippen molar-refractivity contribution < 1.29 is 23.8 Å². The van der Waals surface area contributed by atoms with E-state index in [1.54, 1.807) is 42.5 Å². The van der Waals surface area contributed by atoms with Gasteiger partial charge in [-0.2, -0.15) is 0 Å². The van der Waals surface area contributed by atoms with Crippen molar-refractivity contribution in [1.82, 2.24) is 5.32 Å². The van der Waals surface area contributed by atoms with Gasteiger partial charge in [-0.25, -0.2) is 0 Å². The highest BCUT2D eigenvalue weighted by Crippen LogP contribution is 2.35. The largest absolute Gasteiger partial charge is 0.486 e. The first-order chi connectivity index (χ1) is 16.6. The van der Waals surface area contributed by atoms with Crippen LogP contribution in [0, 0.1) is 0 Å². The van der Waals surface area contributed by atoms with Crippen molar-refractivity contribution in [1.29, 1.82) is 0 Å². The van der Waals surface area contributed by atoms with Crippen LogP contribution < -0.4 is 24.4 Å². The van der Waals surface area contributed by atoms with Crippen LogP contribution in [0.2, 0.25) is 5.02 Å². The number of ether oxygens (including phenoxy) is 3. The van der Waals surface area contributed by atoms with E-state index in [9.17, 15) is 9.59 Å². The zero-order valence-corrected chi connectivity index (χ0v) is 18.8. The van der Waals surface area contributed by atoms with Gasteiger partial charge in [-0.3, -0.25) is 14.5 Å². The molecule has 172 valence electrons. The molecule has 1 atom stereocenters. The summed E-state index contributed by atoms with van der Waals surface area (Å²) in [7, 11) is 0. The summed E-state index contributed by atoms with van der Waals surface area (Å²) in [6, 6.07) is 21.6. The molecule has 2 aliphatic rings. The molecule has 2 aliphatic heterocycles. The van der Waals surface area contributed by atoms with Gasteiger partial charge in [-0.05, 0) is 48.0 Å². The summed E-state index contributed by atoms with van der Waals surface area (Å²) in [6.45, 7) is 0.401. The van der Waals surface area contributed by atoms with E-state index in [2.05, 4.69) is 5.32 Å². The monoisotopic (exact) mass is 476 g/mol. The number of fused-ring (bicyclic) bond motifs is 2. The second kappa shape index (κ2) is 9.49. The predicted octanol–water partition coefficient (Wildman–Crippen LogP) is 4.06. The first-order valence-corrected chi connectivity index (χ1v) is 11.2. The van der Waals surface area contributed by atoms with E-state index in [4.69, 9.17) is 25.8 Å². The van der Waals surface area contributed by atoms with Crippen LogP contribution in [0.4, 0.5) is 5.69 Å². The normalized spacial score (nSPS) is 17.7. The molecule has 1 N–H and O–H groups in total. The Morgan fingerprint density at radius 2 is 1.79 bits per heavy atom. The summed E-state index contributed by atoms with van der Waals surface area (Å²) in [6.07, 6.45) is 1.28. The van der Waals surface area contributed by atoms with E-state index in [0.29, 0.717) is 34.6 Å². The van der Waals surface area contributed by atoms with Gasteiger partial charge in [0.15, 0.2) is 23.0 Å². The lowest BCUT2D eigenvalue weighted by atomic mass is 10.1. The summed E-state index contributed by atoms with van der Waals surface area (Å²) in [5.74, 6) is 1.17. The summed E-state index contributed by atoms with van der Waals surface area (Å²) < 4.78 is 17.4. The molecular formula is C26H21ClN2O5. The SMILES string of the molecule is O=C(CN1C(=O)/C(=C\c2cccc(Cl)c2)Oc2ccccc21)NC[C@H]1COc2ccccc2O1. The molecule has 3 aromatic carbocycles. The minimum Gasteiger partial charge on any atom is -0.486 e. The molecule has 0 fully saturated rings. The first kappa shape index (κ1) is 21.9. The molecule has 0 unspecified atom stereocenters. The first-order valence-electron chi connectivity index (χ1n) is 10.8. The molecule has 2 amide bonds. The average molecular weight is 477 g/mol. The smallest absolute Gasteiger partial charge is 0.294 e. The molecule has 0 bridgehead atoms. The van der Waals surface area contributed by atoms with Crippen molar-refractivity contribution in [3.8, 4) is 17.2 Å². The number of rotatable bonds is 5. The van der Waals surface area contributed by atoms with Crippen LogP contribution in [-0.4, -0.2) is 37.6 Å². The highest BCUT2D eigenvalue weighted by atomic mass is 35.5. The number of hydrogen-bond donors (Lipinski definition) is 1. The van der Waals surface area contributed by atoms with E-state index >= 15 is 0 Å². The number of halogens is 1. The van der Waals surface area contributed by atoms with Crippen LogP contribution in [0.1, 0.15) is 5.56 Å². The van der Waals surface area contributed by atoms with E-state index < -0.39 is 5.91 Å². The number of nitrogens with one attached hydrogen (secondary N) is 1. The van der Waals surface area contributed by atoms with Crippen LogP contribution in [0.25, 0.3) is 6.08 Å². The van der Waals surface area contributed by atoms with Gasteiger partial charge in [0.25, 0.3) is 5.91 Å².